The first kappa shape index (κ1) is 14.2. The van der Waals surface area contributed by atoms with Crippen LogP contribution in [0.4, 0.5) is 5.69 Å². The molecule has 4 heteroatoms. The first-order chi connectivity index (χ1) is 8.20. The highest BCUT2D eigenvalue weighted by molar-refractivity contribution is 6.01. The molecule has 0 aliphatic rings. The molecule has 1 rings (SSSR count). The SMILES string of the molecule is Cc1cccc(C(=O)O)c1NC(=O)CC(C)(C)C. The molecule has 2 N–H and O–H groups in total. The van der Waals surface area contributed by atoms with E-state index in [0.29, 0.717) is 12.1 Å². The van der Waals surface area contributed by atoms with Crippen LogP contribution in [0, 0.1) is 12.3 Å². The van der Waals surface area contributed by atoms with Crippen molar-refractivity contribution in [2.24, 2.45) is 5.41 Å². The second kappa shape index (κ2) is 5.21. The van der Waals surface area contributed by atoms with Gasteiger partial charge in [-0.3, -0.25) is 4.79 Å². The summed E-state index contributed by atoms with van der Waals surface area (Å²) in [4.78, 5) is 22.9. The molecule has 0 saturated heterocycles. The van der Waals surface area contributed by atoms with E-state index >= 15 is 0 Å². The molecule has 0 saturated carbocycles. The molecule has 1 aromatic rings. The zero-order chi connectivity index (χ0) is 13.9. The molecule has 18 heavy (non-hydrogen) atoms. The van der Waals surface area contributed by atoms with Crippen molar-refractivity contribution in [3.63, 3.8) is 0 Å². The number of rotatable bonds is 3. The van der Waals surface area contributed by atoms with Gasteiger partial charge in [-0.15, -0.1) is 0 Å². The van der Waals surface area contributed by atoms with Crippen LogP contribution in [0.1, 0.15) is 43.1 Å². The maximum absolute atomic E-state index is 11.9. The van der Waals surface area contributed by atoms with Gasteiger partial charge in [0.25, 0.3) is 0 Å². The van der Waals surface area contributed by atoms with Gasteiger partial charge in [-0.2, -0.15) is 0 Å². The van der Waals surface area contributed by atoms with Crippen molar-refractivity contribution < 1.29 is 14.7 Å². The van der Waals surface area contributed by atoms with Gasteiger partial charge < -0.3 is 10.4 Å². The predicted octanol–water partition coefficient (Wildman–Crippen LogP) is 3.07. The van der Waals surface area contributed by atoms with Gasteiger partial charge in [0.15, 0.2) is 0 Å². The van der Waals surface area contributed by atoms with E-state index in [0.717, 1.165) is 5.56 Å². The van der Waals surface area contributed by atoms with Crippen LogP contribution in [0.2, 0.25) is 0 Å². The lowest BCUT2D eigenvalue weighted by Crippen LogP contribution is -2.21. The van der Waals surface area contributed by atoms with E-state index in [2.05, 4.69) is 5.32 Å². The van der Waals surface area contributed by atoms with Gasteiger partial charge in [0.1, 0.15) is 0 Å². The van der Waals surface area contributed by atoms with Gasteiger partial charge in [-0.05, 0) is 24.0 Å². The predicted molar refractivity (Wildman–Crippen MR) is 70.8 cm³/mol. The normalized spacial score (nSPS) is 11.1. The van der Waals surface area contributed by atoms with E-state index in [1.807, 2.05) is 20.8 Å². The third kappa shape index (κ3) is 3.87. The topological polar surface area (TPSA) is 66.4 Å². The first-order valence-corrected chi connectivity index (χ1v) is 5.83. The van der Waals surface area contributed by atoms with E-state index in [4.69, 9.17) is 5.11 Å². The van der Waals surface area contributed by atoms with Crippen molar-refractivity contribution in [3.8, 4) is 0 Å². The van der Waals surface area contributed by atoms with Gasteiger partial charge in [0.2, 0.25) is 5.91 Å². The number of carbonyl (C=O) groups excluding carboxylic acids is 1. The molecule has 0 aromatic heterocycles. The Hall–Kier alpha value is -1.84. The molecule has 0 fully saturated rings. The van der Waals surface area contributed by atoms with E-state index < -0.39 is 5.97 Å². The number of carboxylic acid groups (broad SMARTS) is 1. The van der Waals surface area contributed by atoms with Crippen LogP contribution in [0.25, 0.3) is 0 Å². The summed E-state index contributed by atoms with van der Waals surface area (Å²) >= 11 is 0. The van der Waals surface area contributed by atoms with Gasteiger partial charge in [-0.25, -0.2) is 4.79 Å². The van der Waals surface area contributed by atoms with Gasteiger partial charge in [-0.1, -0.05) is 32.9 Å². The van der Waals surface area contributed by atoms with E-state index in [9.17, 15) is 9.59 Å². The van der Waals surface area contributed by atoms with Gasteiger partial charge in [0, 0.05) is 6.42 Å². The third-order valence-electron chi connectivity index (χ3n) is 2.46. The van der Waals surface area contributed by atoms with Crippen molar-refractivity contribution in [1.82, 2.24) is 0 Å². The standard InChI is InChI=1S/C14H19NO3/c1-9-6-5-7-10(13(17)18)12(9)15-11(16)8-14(2,3)4/h5-7H,8H2,1-4H3,(H,15,16)(H,17,18). The monoisotopic (exact) mass is 249 g/mol. The highest BCUT2D eigenvalue weighted by Gasteiger charge is 2.19. The number of carbonyl (C=O) groups is 2. The second-order valence-electron chi connectivity index (χ2n) is 5.59. The van der Waals surface area contributed by atoms with Crippen molar-refractivity contribution in [2.75, 3.05) is 5.32 Å². The van der Waals surface area contributed by atoms with Crippen LogP contribution in [-0.2, 0) is 4.79 Å². The molecule has 98 valence electrons. The third-order valence-corrected chi connectivity index (χ3v) is 2.46. The Bertz CT molecular complexity index is 472. The Morgan fingerprint density at radius 3 is 2.39 bits per heavy atom. The van der Waals surface area contributed by atoms with Crippen LogP contribution in [0.5, 0.6) is 0 Å². The maximum Gasteiger partial charge on any atom is 0.337 e. The van der Waals surface area contributed by atoms with E-state index in [-0.39, 0.29) is 16.9 Å². The molecule has 1 amide bonds. The molecular formula is C14H19NO3. The van der Waals surface area contributed by atoms with Crippen molar-refractivity contribution in [1.29, 1.82) is 0 Å². The fraction of sp³-hybridized carbons (Fsp3) is 0.429. The maximum atomic E-state index is 11.9. The van der Waals surface area contributed by atoms with Crippen molar-refractivity contribution in [2.45, 2.75) is 34.1 Å². The molecule has 4 nitrogen and oxygen atoms in total. The zero-order valence-electron chi connectivity index (χ0n) is 11.2. The fourth-order valence-corrected chi connectivity index (χ4v) is 1.68. The van der Waals surface area contributed by atoms with Crippen LogP contribution >= 0.6 is 0 Å². The molecule has 0 bridgehead atoms. The summed E-state index contributed by atoms with van der Waals surface area (Å²) in [6, 6.07) is 4.93. The summed E-state index contributed by atoms with van der Waals surface area (Å²) in [5.74, 6) is -1.20. The number of nitrogens with one attached hydrogen (secondary N) is 1. The summed E-state index contributed by atoms with van der Waals surface area (Å²) in [5, 5.41) is 11.8. The quantitative estimate of drug-likeness (QED) is 0.865. The largest absolute Gasteiger partial charge is 0.478 e. The molecule has 0 aliphatic carbocycles. The lowest BCUT2D eigenvalue weighted by Gasteiger charge is -2.18. The van der Waals surface area contributed by atoms with Gasteiger partial charge in [0.05, 0.1) is 11.3 Å². The van der Waals surface area contributed by atoms with E-state index in [1.165, 1.54) is 6.07 Å². The smallest absolute Gasteiger partial charge is 0.337 e. The summed E-state index contributed by atoms with van der Waals surface area (Å²) in [5.41, 5.74) is 1.13. The second-order valence-corrected chi connectivity index (χ2v) is 5.59. The Kier molecular flexibility index (Phi) is 4.11. The number of aryl methyl sites for hydroxylation is 1. The lowest BCUT2D eigenvalue weighted by molar-refractivity contribution is -0.117. The molecule has 0 spiro atoms. The summed E-state index contributed by atoms with van der Waals surface area (Å²) in [7, 11) is 0. The fourth-order valence-electron chi connectivity index (χ4n) is 1.68. The highest BCUT2D eigenvalue weighted by atomic mass is 16.4. The number of hydrogen-bond acceptors (Lipinski definition) is 2. The molecule has 0 aliphatic heterocycles. The van der Waals surface area contributed by atoms with Crippen LogP contribution in [-0.4, -0.2) is 17.0 Å². The summed E-state index contributed by atoms with van der Waals surface area (Å²) in [6.07, 6.45) is 0.348. The Morgan fingerprint density at radius 2 is 1.89 bits per heavy atom. The first-order valence-electron chi connectivity index (χ1n) is 5.83. The van der Waals surface area contributed by atoms with Crippen LogP contribution < -0.4 is 5.32 Å². The number of benzene rings is 1. The number of aromatic carboxylic acids is 1. The number of carboxylic acids is 1. The minimum Gasteiger partial charge on any atom is -0.478 e. The molecule has 0 unspecified atom stereocenters. The number of amides is 1. The van der Waals surface area contributed by atoms with Crippen LogP contribution in [0.15, 0.2) is 18.2 Å². The number of hydrogen-bond donors (Lipinski definition) is 2. The lowest BCUT2D eigenvalue weighted by atomic mass is 9.92. The van der Waals surface area contributed by atoms with Crippen molar-refractivity contribution >= 4 is 17.6 Å². The Balaban J connectivity index is 2.97. The number of anilines is 1. The summed E-state index contributed by atoms with van der Waals surface area (Å²) in [6.45, 7) is 7.66. The molecule has 1 aromatic carbocycles. The molecule has 0 heterocycles. The molecule has 0 atom stereocenters. The summed E-state index contributed by atoms with van der Waals surface area (Å²) < 4.78 is 0. The molecule has 0 radical (unpaired) electrons. The van der Waals surface area contributed by atoms with E-state index in [1.54, 1.807) is 19.1 Å². The minimum atomic E-state index is -1.04. The zero-order valence-corrected chi connectivity index (χ0v) is 11.2. The highest BCUT2D eigenvalue weighted by Crippen LogP contribution is 2.23. The average molecular weight is 249 g/mol. The minimum absolute atomic E-state index is 0.122. The van der Waals surface area contributed by atoms with Crippen molar-refractivity contribution in [3.05, 3.63) is 29.3 Å². The molecular weight excluding hydrogens is 230 g/mol. The van der Waals surface area contributed by atoms with Gasteiger partial charge >= 0.3 is 5.97 Å². The average Bonchev–Trinajstić information content (AvgIpc) is 2.17. The Labute approximate surface area is 107 Å². The number of para-hydroxylation sites is 1. The Morgan fingerprint density at radius 1 is 1.28 bits per heavy atom. The van der Waals surface area contributed by atoms with Crippen LogP contribution in [0.3, 0.4) is 0 Å².